The summed E-state index contributed by atoms with van der Waals surface area (Å²) in [5, 5.41) is 0. The average molecular weight is 513 g/mol. The lowest BCUT2D eigenvalue weighted by Gasteiger charge is -2.70. The highest BCUT2D eigenvalue weighted by Gasteiger charge is 2.78. The van der Waals surface area contributed by atoms with E-state index in [0.717, 1.165) is 26.4 Å². The quantitative estimate of drug-likeness (QED) is 0.312. The smallest absolute Gasteiger partial charge is 0.404 e. The molecule has 6 rings (SSSR count). The predicted octanol–water partition coefficient (Wildman–Crippen LogP) is 5.37. The number of alkyl halides is 4. The highest BCUT2D eigenvalue weighted by atomic mass is 35.5. The Kier molecular flexibility index (Phi) is 5.47. The van der Waals surface area contributed by atoms with Crippen LogP contribution in [0.25, 0.3) is 0 Å². The lowest BCUT2D eigenvalue weighted by atomic mass is 9.46. The number of hydrogen-bond acceptors (Lipinski definition) is 6. The fourth-order valence-electron chi connectivity index (χ4n) is 6.50. The van der Waals surface area contributed by atoms with Gasteiger partial charge in [-0.2, -0.15) is 18.1 Å². The molecule has 33 heavy (non-hydrogen) atoms. The average Bonchev–Trinajstić information content (AvgIpc) is 2.67. The third-order valence-electron chi connectivity index (χ3n) is 7.59. The van der Waals surface area contributed by atoms with Crippen LogP contribution in [0.5, 0.6) is 5.75 Å². The molecule has 1 aliphatic heterocycles. The molecule has 1 spiro atoms. The fraction of sp³-hybridized carbons (Fsp3) is 0.714. The molecule has 4 bridgehead atoms. The molecule has 4 saturated carbocycles. The number of aryl methyl sites for hydroxylation is 1. The van der Waals surface area contributed by atoms with Crippen molar-refractivity contribution < 1.29 is 46.2 Å². The zero-order chi connectivity index (χ0) is 23.9. The lowest BCUT2D eigenvalue weighted by molar-refractivity contribution is -0.650. The van der Waals surface area contributed by atoms with Crippen LogP contribution in [0.3, 0.4) is 0 Å². The van der Waals surface area contributed by atoms with E-state index in [1.807, 2.05) is 0 Å². The molecule has 7 nitrogen and oxygen atoms in total. The molecule has 1 aromatic carbocycles. The van der Waals surface area contributed by atoms with Crippen LogP contribution >= 0.6 is 19.4 Å². The number of benzene rings is 1. The Balaban J connectivity index is 1.59. The van der Waals surface area contributed by atoms with Crippen molar-refractivity contribution in [3.63, 3.8) is 0 Å². The lowest BCUT2D eigenvalue weighted by Crippen LogP contribution is -2.78. The summed E-state index contributed by atoms with van der Waals surface area (Å²) in [5.41, 5.74) is -0.453. The van der Waals surface area contributed by atoms with Gasteiger partial charge in [-0.15, -0.1) is 11.6 Å². The number of ether oxygens (including phenoxy) is 1. The first kappa shape index (κ1) is 23.9. The Labute approximate surface area is 194 Å². The van der Waals surface area contributed by atoms with Gasteiger partial charge in [0.2, 0.25) is 0 Å². The van der Waals surface area contributed by atoms with E-state index >= 15 is 0 Å². The van der Waals surface area contributed by atoms with Crippen molar-refractivity contribution >= 4 is 19.4 Å². The minimum atomic E-state index is -4.60. The van der Waals surface area contributed by atoms with Crippen LogP contribution in [0.4, 0.5) is 13.2 Å². The van der Waals surface area contributed by atoms with Gasteiger partial charge in [0, 0.05) is 17.5 Å². The highest BCUT2D eigenvalue weighted by Crippen LogP contribution is 2.71. The standard InChI is InChI=1S/C21H25ClF3O7P/c1-12-3-4-14(7-17(12)30-33(26,27)28-2)21(29-11-19(23,24)25)20(31-32-21)15-5-13-6-16(20)10-18(22,8-13)9-15/h3-4,7,13,15-16H,5-6,8-11H2,1-2H3,(H,26,27). The highest BCUT2D eigenvalue weighted by molar-refractivity contribution is 7.47. The molecule has 1 saturated heterocycles. The summed E-state index contributed by atoms with van der Waals surface area (Å²) in [6.45, 7) is 0.0830. The van der Waals surface area contributed by atoms with Gasteiger partial charge in [0.15, 0.2) is 5.60 Å². The minimum Gasteiger partial charge on any atom is -0.404 e. The van der Waals surface area contributed by atoms with Gasteiger partial charge in [-0.25, -0.2) is 9.45 Å². The third kappa shape index (κ3) is 3.73. The van der Waals surface area contributed by atoms with Gasteiger partial charge in [-0.3, -0.25) is 9.42 Å². The Bertz CT molecular complexity index is 989. The number of rotatable bonds is 6. The van der Waals surface area contributed by atoms with Crippen LogP contribution in [0, 0.1) is 24.7 Å². The molecule has 0 aromatic heterocycles. The molecule has 0 amide bonds. The molecule has 5 fully saturated rings. The topological polar surface area (TPSA) is 83.5 Å². The van der Waals surface area contributed by atoms with Crippen LogP contribution < -0.4 is 4.52 Å². The Morgan fingerprint density at radius 1 is 1.21 bits per heavy atom. The van der Waals surface area contributed by atoms with Crippen LogP contribution in [0.1, 0.15) is 43.2 Å². The maximum absolute atomic E-state index is 13.3. The zero-order valence-corrected chi connectivity index (χ0v) is 19.7. The second kappa shape index (κ2) is 7.56. The molecule has 5 aliphatic rings. The monoisotopic (exact) mass is 512 g/mol. The molecule has 1 N–H and O–H groups in total. The summed E-state index contributed by atoms with van der Waals surface area (Å²) in [6, 6.07) is 4.49. The molecule has 0 radical (unpaired) electrons. The Morgan fingerprint density at radius 3 is 2.39 bits per heavy atom. The molecular weight excluding hydrogens is 488 g/mol. The maximum atomic E-state index is 13.3. The Morgan fingerprint density at radius 2 is 1.88 bits per heavy atom. The van der Waals surface area contributed by atoms with Crippen molar-refractivity contribution in [1.29, 1.82) is 0 Å². The van der Waals surface area contributed by atoms with Crippen molar-refractivity contribution in [2.24, 2.45) is 17.8 Å². The molecule has 184 valence electrons. The van der Waals surface area contributed by atoms with Gasteiger partial charge < -0.3 is 9.26 Å². The van der Waals surface area contributed by atoms with Crippen LogP contribution in [-0.2, 0) is 29.4 Å². The molecule has 4 atom stereocenters. The zero-order valence-electron chi connectivity index (χ0n) is 18.1. The number of phosphoric ester groups is 1. The van der Waals surface area contributed by atoms with Crippen molar-refractivity contribution in [2.75, 3.05) is 13.7 Å². The summed E-state index contributed by atoms with van der Waals surface area (Å²) < 4.78 is 67.1. The maximum Gasteiger partial charge on any atom is 0.527 e. The third-order valence-corrected chi connectivity index (χ3v) is 8.94. The van der Waals surface area contributed by atoms with Crippen LogP contribution in [0.2, 0.25) is 0 Å². The largest absolute Gasteiger partial charge is 0.527 e. The second-order valence-corrected chi connectivity index (χ2v) is 12.0. The first-order valence-corrected chi connectivity index (χ1v) is 12.6. The van der Waals surface area contributed by atoms with E-state index < -0.39 is 32.0 Å². The van der Waals surface area contributed by atoms with Gasteiger partial charge in [0.05, 0.1) is 0 Å². The minimum absolute atomic E-state index is 0.0292. The Hall–Kier alpha value is -0.870. The second-order valence-electron chi connectivity index (χ2n) is 9.70. The van der Waals surface area contributed by atoms with Crippen molar-refractivity contribution in [3.05, 3.63) is 29.3 Å². The number of halogens is 4. The van der Waals surface area contributed by atoms with E-state index in [9.17, 15) is 22.6 Å². The molecule has 1 heterocycles. The van der Waals surface area contributed by atoms with Gasteiger partial charge >= 0.3 is 14.0 Å². The van der Waals surface area contributed by atoms with E-state index in [1.165, 1.54) is 6.07 Å². The van der Waals surface area contributed by atoms with E-state index in [1.54, 1.807) is 19.1 Å². The van der Waals surface area contributed by atoms with Crippen LogP contribution in [-0.4, -0.2) is 35.3 Å². The molecular formula is C21H25ClF3O7P. The van der Waals surface area contributed by atoms with E-state index in [2.05, 4.69) is 4.52 Å². The molecule has 1 aromatic rings. The fourth-order valence-corrected chi connectivity index (χ4v) is 7.61. The van der Waals surface area contributed by atoms with E-state index in [4.69, 9.17) is 30.6 Å². The van der Waals surface area contributed by atoms with Crippen molar-refractivity contribution in [2.45, 2.75) is 61.5 Å². The first-order chi connectivity index (χ1) is 15.3. The first-order valence-electron chi connectivity index (χ1n) is 10.8. The predicted molar refractivity (Wildman–Crippen MR) is 109 cm³/mol. The van der Waals surface area contributed by atoms with Crippen molar-refractivity contribution in [1.82, 2.24) is 0 Å². The number of hydrogen-bond donors (Lipinski definition) is 1. The summed E-state index contributed by atoms with van der Waals surface area (Å²) in [7, 11) is -3.39. The molecule has 12 heteroatoms. The van der Waals surface area contributed by atoms with Gasteiger partial charge in [-0.05, 0) is 68.4 Å². The molecule has 4 unspecified atom stereocenters. The van der Waals surface area contributed by atoms with E-state index in [0.29, 0.717) is 24.3 Å². The number of phosphoric acid groups is 1. The molecule has 4 aliphatic carbocycles. The summed E-state index contributed by atoms with van der Waals surface area (Å²) >= 11 is 6.85. The van der Waals surface area contributed by atoms with Gasteiger partial charge in [0.1, 0.15) is 12.4 Å². The van der Waals surface area contributed by atoms with Gasteiger partial charge in [-0.1, -0.05) is 12.1 Å². The van der Waals surface area contributed by atoms with E-state index in [-0.39, 0.29) is 28.0 Å². The SMILES string of the molecule is COP(=O)(O)Oc1cc(C2(OCC(F)(F)F)OOC23C2CC4CC3CC(Cl)(C4)C2)ccc1C. The van der Waals surface area contributed by atoms with Crippen LogP contribution in [0.15, 0.2) is 18.2 Å². The summed E-state index contributed by atoms with van der Waals surface area (Å²) in [6.07, 6.45) is -1.01. The normalized spacial score (nSPS) is 41.1. The van der Waals surface area contributed by atoms with Crippen molar-refractivity contribution in [3.8, 4) is 5.75 Å². The summed E-state index contributed by atoms with van der Waals surface area (Å²) in [4.78, 5) is 20.6. The summed E-state index contributed by atoms with van der Waals surface area (Å²) in [5.74, 6) is -1.82. The van der Waals surface area contributed by atoms with Gasteiger partial charge in [0.25, 0.3) is 5.79 Å².